The van der Waals surface area contributed by atoms with Gasteiger partial charge in [-0.2, -0.15) is 0 Å². The Morgan fingerprint density at radius 2 is 1.72 bits per heavy atom. The molecule has 6 heteroatoms. The van der Waals surface area contributed by atoms with Crippen LogP contribution in [0.4, 0.5) is 8.78 Å². The standard InChI is InChI=1S/C23H30F2N2O2/c1-4-23(5-2)12-27(13-23)22(26)28-14(3)6-15-7-19(24)21(20(25)8-15)29-18-10-16-9-17(16)11-18/h6-8,16-18,26H,4-5,9-13H2,1-3H3/b14-6+,26-22?. The van der Waals surface area contributed by atoms with E-state index >= 15 is 0 Å². The minimum atomic E-state index is -0.696. The number of likely N-dealkylation sites (tertiary alicyclic amines) is 1. The molecular weight excluding hydrogens is 374 g/mol. The number of fused-ring (bicyclic) bond motifs is 1. The average Bonchev–Trinajstić information content (AvgIpc) is 3.24. The molecule has 3 aliphatic rings. The SMILES string of the molecule is CCC1(CC)CN(C(=N)O/C(C)=C/c2cc(F)c(OC3CC4CC4C3)c(F)c2)C1. The molecule has 2 atom stereocenters. The van der Waals surface area contributed by atoms with Crippen LogP contribution in [0, 0.1) is 34.3 Å². The largest absolute Gasteiger partial charge is 0.484 e. The van der Waals surface area contributed by atoms with E-state index in [9.17, 15) is 8.78 Å². The van der Waals surface area contributed by atoms with Crippen LogP contribution in [0.15, 0.2) is 17.9 Å². The molecule has 2 aliphatic carbocycles. The lowest BCUT2D eigenvalue weighted by atomic mass is 9.75. The van der Waals surface area contributed by atoms with Crippen molar-refractivity contribution in [3.63, 3.8) is 0 Å². The van der Waals surface area contributed by atoms with Crippen molar-refractivity contribution >= 4 is 12.1 Å². The molecule has 1 saturated heterocycles. The third-order valence-corrected chi connectivity index (χ3v) is 6.97. The van der Waals surface area contributed by atoms with E-state index in [1.54, 1.807) is 13.0 Å². The summed E-state index contributed by atoms with van der Waals surface area (Å²) in [6.45, 7) is 7.64. The number of nitrogens with zero attached hydrogens (tertiary/aromatic N) is 1. The van der Waals surface area contributed by atoms with Gasteiger partial charge < -0.3 is 14.4 Å². The average molecular weight is 405 g/mol. The van der Waals surface area contributed by atoms with Gasteiger partial charge in [0, 0.05) is 18.5 Å². The van der Waals surface area contributed by atoms with Crippen molar-refractivity contribution < 1.29 is 18.3 Å². The number of halogens is 2. The number of nitrogens with one attached hydrogen (secondary N) is 1. The van der Waals surface area contributed by atoms with E-state index in [4.69, 9.17) is 14.9 Å². The van der Waals surface area contributed by atoms with Crippen LogP contribution in [0.2, 0.25) is 0 Å². The van der Waals surface area contributed by atoms with E-state index in [1.807, 2.05) is 4.90 Å². The van der Waals surface area contributed by atoms with Crippen LogP contribution >= 0.6 is 0 Å². The van der Waals surface area contributed by atoms with Crippen molar-refractivity contribution in [1.82, 2.24) is 4.90 Å². The topological polar surface area (TPSA) is 45.6 Å². The molecule has 0 amide bonds. The van der Waals surface area contributed by atoms with Crippen molar-refractivity contribution in [2.75, 3.05) is 13.1 Å². The molecule has 4 rings (SSSR count). The van der Waals surface area contributed by atoms with Crippen molar-refractivity contribution in [3.05, 3.63) is 35.1 Å². The summed E-state index contributed by atoms with van der Waals surface area (Å²) in [5.74, 6) is 0.125. The van der Waals surface area contributed by atoms with E-state index in [2.05, 4.69) is 13.8 Å². The fourth-order valence-electron chi connectivity index (χ4n) is 4.78. The Balaban J connectivity index is 1.36. The summed E-state index contributed by atoms with van der Waals surface area (Å²) in [6, 6.07) is 2.60. The summed E-state index contributed by atoms with van der Waals surface area (Å²) >= 11 is 0. The monoisotopic (exact) mass is 404 g/mol. The van der Waals surface area contributed by atoms with Crippen LogP contribution in [0.25, 0.3) is 6.08 Å². The fourth-order valence-corrected chi connectivity index (χ4v) is 4.78. The molecular formula is C23H30F2N2O2. The molecule has 1 aromatic carbocycles. The predicted octanol–water partition coefficient (Wildman–Crippen LogP) is 5.58. The minimum Gasteiger partial charge on any atom is -0.484 e. The maximum atomic E-state index is 14.5. The number of allylic oxidation sites excluding steroid dienone is 1. The normalized spacial score (nSPS) is 27.3. The maximum Gasteiger partial charge on any atom is 0.289 e. The summed E-state index contributed by atoms with van der Waals surface area (Å²) in [7, 11) is 0. The Kier molecular flexibility index (Phi) is 5.30. The number of hydrogen-bond acceptors (Lipinski definition) is 3. The number of ether oxygens (including phenoxy) is 2. The molecule has 1 aliphatic heterocycles. The van der Waals surface area contributed by atoms with Gasteiger partial charge in [0.2, 0.25) is 0 Å². The first-order valence-electron chi connectivity index (χ1n) is 10.7. The Bertz CT molecular complexity index is 793. The summed E-state index contributed by atoms with van der Waals surface area (Å²) in [6.07, 6.45) is 6.65. The van der Waals surface area contributed by atoms with Crippen molar-refractivity contribution in [3.8, 4) is 5.75 Å². The Morgan fingerprint density at radius 1 is 1.14 bits per heavy atom. The molecule has 2 unspecified atom stereocenters. The van der Waals surface area contributed by atoms with Gasteiger partial charge in [-0.25, -0.2) is 8.78 Å². The van der Waals surface area contributed by atoms with Gasteiger partial charge in [-0.15, -0.1) is 0 Å². The lowest BCUT2D eigenvalue weighted by molar-refractivity contribution is 0.0318. The molecule has 1 aromatic rings. The van der Waals surface area contributed by atoms with E-state index in [0.717, 1.165) is 38.8 Å². The number of rotatable bonds is 6. The highest BCUT2D eigenvalue weighted by Gasteiger charge is 2.47. The second-order valence-corrected chi connectivity index (χ2v) is 9.01. The number of benzene rings is 1. The van der Waals surface area contributed by atoms with Gasteiger partial charge in [0.1, 0.15) is 5.76 Å². The maximum absolute atomic E-state index is 14.5. The third-order valence-electron chi connectivity index (χ3n) is 6.97. The molecule has 3 fully saturated rings. The molecule has 0 aromatic heterocycles. The van der Waals surface area contributed by atoms with E-state index in [-0.39, 0.29) is 23.3 Å². The van der Waals surface area contributed by atoms with Crippen molar-refractivity contribution in [2.24, 2.45) is 17.3 Å². The first-order valence-corrected chi connectivity index (χ1v) is 10.7. The first kappa shape index (κ1) is 20.2. The predicted molar refractivity (Wildman–Crippen MR) is 109 cm³/mol. The molecule has 1 N–H and O–H groups in total. The molecule has 0 radical (unpaired) electrons. The highest BCUT2D eigenvalue weighted by molar-refractivity contribution is 5.73. The molecule has 29 heavy (non-hydrogen) atoms. The number of amidine groups is 1. The van der Waals surface area contributed by atoms with Gasteiger partial charge in [0.15, 0.2) is 17.4 Å². The summed E-state index contributed by atoms with van der Waals surface area (Å²) in [5, 5.41) is 8.13. The Hall–Kier alpha value is -2.11. The molecule has 1 heterocycles. The molecule has 0 spiro atoms. The molecule has 158 valence electrons. The van der Waals surface area contributed by atoms with Crippen molar-refractivity contribution in [2.45, 2.75) is 59.0 Å². The third kappa shape index (κ3) is 4.12. The van der Waals surface area contributed by atoms with Gasteiger partial charge in [0.05, 0.1) is 6.10 Å². The molecule has 4 nitrogen and oxygen atoms in total. The van der Waals surface area contributed by atoms with E-state index < -0.39 is 11.6 Å². The zero-order valence-corrected chi connectivity index (χ0v) is 17.4. The van der Waals surface area contributed by atoms with E-state index in [1.165, 1.54) is 18.6 Å². The van der Waals surface area contributed by atoms with Gasteiger partial charge in [-0.05, 0) is 74.6 Å². The zero-order chi connectivity index (χ0) is 20.8. The van der Waals surface area contributed by atoms with Crippen LogP contribution < -0.4 is 4.74 Å². The Morgan fingerprint density at radius 3 is 2.28 bits per heavy atom. The smallest absolute Gasteiger partial charge is 0.289 e. The molecule has 2 saturated carbocycles. The van der Waals surface area contributed by atoms with Crippen LogP contribution in [0.5, 0.6) is 5.75 Å². The van der Waals surface area contributed by atoms with Crippen LogP contribution in [-0.4, -0.2) is 30.1 Å². The quantitative estimate of drug-likeness (QED) is 0.383. The highest BCUT2D eigenvalue weighted by atomic mass is 19.1. The fraction of sp³-hybridized carbons (Fsp3) is 0.609. The van der Waals surface area contributed by atoms with Gasteiger partial charge in [-0.3, -0.25) is 5.41 Å². The zero-order valence-electron chi connectivity index (χ0n) is 17.4. The second kappa shape index (κ2) is 7.62. The van der Waals surface area contributed by atoms with Crippen molar-refractivity contribution in [1.29, 1.82) is 5.41 Å². The lowest BCUT2D eigenvalue weighted by Gasteiger charge is -2.50. The first-order chi connectivity index (χ1) is 13.8. The minimum absolute atomic E-state index is 0.0791. The van der Waals surface area contributed by atoms with E-state index in [0.29, 0.717) is 23.2 Å². The Labute approximate surface area is 171 Å². The number of hydrogen-bond donors (Lipinski definition) is 1. The van der Waals surface area contributed by atoms with Crippen LogP contribution in [0.1, 0.15) is 58.4 Å². The van der Waals surface area contributed by atoms with Crippen LogP contribution in [-0.2, 0) is 4.74 Å². The second-order valence-electron chi connectivity index (χ2n) is 9.01. The van der Waals surface area contributed by atoms with Gasteiger partial charge >= 0.3 is 0 Å². The summed E-state index contributed by atoms with van der Waals surface area (Å²) in [5.41, 5.74) is 0.627. The summed E-state index contributed by atoms with van der Waals surface area (Å²) in [4.78, 5) is 1.88. The lowest BCUT2D eigenvalue weighted by Crippen LogP contribution is -2.58. The van der Waals surface area contributed by atoms with Crippen LogP contribution in [0.3, 0.4) is 0 Å². The molecule has 0 bridgehead atoms. The van der Waals surface area contributed by atoms with Gasteiger partial charge in [-0.1, -0.05) is 13.8 Å². The summed E-state index contributed by atoms with van der Waals surface area (Å²) < 4.78 is 40.1. The highest BCUT2D eigenvalue weighted by Crippen LogP contribution is 2.52. The van der Waals surface area contributed by atoms with Gasteiger partial charge in [0.25, 0.3) is 6.02 Å².